The van der Waals surface area contributed by atoms with E-state index in [1.807, 2.05) is 13.0 Å². The first-order valence-corrected chi connectivity index (χ1v) is 9.63. The lowest BCUT2D eigenvalue weighted by molar-refractivity contribution is 0.0970. The molecular formula is C23H15ClN2O4. The molecular weight excluding hydrogens is 404 g/mol. The maximum absolute atomic E-state index is 13.5. The molecule has 0 spiro atoms. The average molecular weight is 419 g/mol. The van der Waals surface area contributed by atoms with E-state index in [9.17, 15) is 14.7 Å². The first-order valence-electron chi connectivity index (χ1n) is 9.25. The van der Waals surface area contributed by atoms with Crippen LogP contribution in [0.1, 0.15) is 33.3 Å². The Hall–Kier alpha value is -3.64. The van der Waals surface area contributed by atoms with E-state index in [1.54, 1.807) is 36.5 Å². The van der Waals surface area contributed by atoms with Crippen molar-refractivity contribution in [1.29, 1.82) is 0 Å². The number of phenolic OH excluding ortho intramolecular Hbond substituents is 1. The fraction of sp³-hybridized carbons (Fsp3) is 0.0870. The number of amides is 1. The van der Waals surface area contributed by atoms with Gasteiger partial charge in [0.05, 0.1) is 17.0 Å². The summed E-state index contributed by atoms with van der Waals surface area (Å²) in [5, 5.41) is 10.7. The smallest absolute Gasteiger partial charge is 0.296 e. The molecule has 2 aromatic heterocycles. The normalized spacial score (nSPS) is 15.6. The Balaban J connectivity index is 1.84. The number of halogens is 1. The maximum atomic E-state index is 13.5. The van der Waals surface area contributed by atoms with Gasteiger partial charge in [0.2, 0.25) is 5.76 Å². The molecule has 1 atom stereocenters. The number of anilines is 1. The van der Waals surface area contributed by atoms with Gasteiger partial charge in [0.15, 0.2) is 5.43 Å². The third-order valence-corrected chi connectivity index (χ3v) is 5.40. The molecule has 0 radical (unpaired) electrons. The van der Waals surface area contributed by atoms with Gasteiger partial charge in [-0.25, -0.2) is 4.98 Å². The lowest BCUT2D eigenvalue weighted by Crippen LogP contribution is -2.30. The van der Waals surface area contributed by atoms with Crippen LogP contribution in [0.3, 0.4) is 0 Å². The van der Waals surface area contributed by atoms with Crippen LogP contribution in [-0.2, 0) is 0 Å². The number of phenols is 1. The predicted octanol–water partition coefficient (Wildman–Crippen LogP) is 4.61. The Morgan fingerprint density at radius 1 is 1.10 bits per heavy atom. The van der Waals surface area contributed by atoms with E-state index >= 15 is 0 Å². The molecule has 5 rings (SSSR count). The molecule has 2 aromatic carbocycles. The number of aryl methyl sites for hydroxylation is 1. The minimum Gasteiger partial charge on any atom is -0.508 e. The van der Waals surface area contributed by atoms with Gasteiger partial charge in [-0.15, -0.1) is 0 Å². The molecule has 0 fully saturated rings. The number of pyridine rings is 1. The van der Waals surface area contributed by atoms with Crippen molar-refractivity contribution < 1.29 is 14.3 Å². The standard InChI is InChI=1S/C23H15ClN2O4/c1-12-7-8-25-18(9-12)26-20(13-3-2-4-15(27)10-13)19-21(28)16-11-14(24)5-6-17(16)30-22(19)23(26)29/h2-11,20,27H,1H3/t20-/m0/s1. The quantitative estimate of drug-likeness (QED) is 0.514. The van der Waals surface area contributed by atoms with Crippen molar-refractivity contribution >= 4 is 34.3 Å². The minimum absolute atomic E-state index is 0.0266. The number of benzene rings is 2. The number of carbonyl (C=O) groups is 1. The first kappa shape index (κ1) is 18.4. The van der Waals surface area contributed by atoms with E-state index in [1.165, 1.54) is 23.1 Å². The Kier molecular flexibility index (Phi) is 4.11. The Morgan fingerprint density at radius 2 is 1.93 bits per heavy atom. The van der Waals surface area contributed by atoms with Crippen molar-refractivity contribution in [3.8, 4) is 5.75 Å². The van der Waals surface area contributed by atoms with Crippen LogP contribution in [0, 0.1) is 6.92 Å². The van der Waals surface area contributed by atoms with Crippen LogP contribution in [0.15, 0.2) is 70.0 Å². The third kappa shape index (κ3) is 2.76. The first-order chi connectivity index (χ1) is 14.4. The number of hydrogen-bond donors (Lipinski definition) is 1. The number of rotatable bonds is 2. The van der Waals surface area contributed by atoms with Crippen molar-refractivity contribution in [2.45, 2.75) is 13.0 Å². The number of nitrogens with zero attached hydrogens (tertiary/aromatic N) is 2. The summed E-state index contributed by atoms with van der Waals surface area (Å²) in [6, 6.07) is 14.0. The summed E-state index contributed by atoms with van der Waals surface area (Å²) in [5.74, 6) is -0.0862. The largest absolute Gasteiger partial charge is 0.508 e. The molecule has 148 valence electrons. The highest BCUT2D eigenvalue weighted by Gasteiger charge is 2.44. The second kappa shape index (κ2) is 6.71. The molecule has 0 bridgehead atoms. The highest BCUT2D eigenvalue weighted by Crippen LogP contribution is 2.41. The van der Waals surface area contributed by atoms with Gasteiger partial charge in [0.25, 0.3) is 5.91 Å². The summed E-state index contributed by atoms with van der Waals surface area (Å²) >= 11 is 6.09. The SMILES string of the molecule is Cc1ccnc(N2C(=O)c3oc4ccc(Cl)cc4c(=O)c3[C@@H]2c2cccc(O)c2)c1. The zero-order valence-corrected chi connectivity index (χ0v) is 16.6. The van der Waals surface area contributed by atoms with E-state index in [0.717, 1.165) is 5.56 Å². The van der Waals surface area contributed by atoms with Crippen molar-refractivity contribution in [2.75, 3.05) is 4.90 Å². The van der Waals surface area contributed by atoms with Crippen LogP contribution < -0.4 is 10.3 Å². The maximum Gasteiger partial charge on any atom is 0.296 e. The van der Waals surface area contributed by atoms with Crippen LogP contribution in [0.5, 0.6) is 5.75 Å². The zero-order valence-electron chi connectivity index (χ0n) is 15.8. The number of carbonyl (C=O) groups excluding carboxylic acids is 1. The van der Waals surface area contributed by atoms with E-state index in [4.69, 9.17) is 16.0 Å². The summed E-state index contributed by atoms with van der Waals surface area (Å²) in [7, 11) is 0. The lowest BCUT2D eigenvalue weighted by Gasteiger charge is -2.24. The molecule has 1 aliphatic heterocycles. The second-order valence-corrected chi connectivity index (χ2v) is 7.61. The monoisotopic (exact) mass is 418 g/mol. The fourth-order valence-corrected chi connectivity index (χ4v) is 4.02. The van der Waals surface area contributed by atoms with Crippen LogP contribution in [0.25, 0.3) is 11.0 Å². The van der Waals surface area contributed by atoms with Crippen molar-refractivity contribution in [2.24, 2.45) is 0 Å². The summed E-state index contributed by atoms with van der Waals surface area (Å²) in [6.45, 7) is 1.89. The van der Waals surface area contributed by atoms with Gasteiger partial charge in [-0.05, 0) is 60.5 Å². The number of hydrogen-bond acceptors (Lipinski definition) is 5. The molecule has 0 unspecified atom stereocenters. The van der Waals surface area contributed by atoms with Crippen molar-refractivity contribution in [3.63, 3.8) is 0 Å². The molecule has 1 aliphatic rings. The molecule has 0 saturated carbocycles. The van der Waals surface area contributed by atoms with Gasteiger partial charge in [-0.3, -0.25) is 14.5 Å². The van der Waals surface area contributed by atoms with Crippen molar-refractivity contribution in [3.05, 3.63) is 98.5 Å². The Bertz CT molecular complexity index is 1400. The van der Waals surface area contributed by atoms with E-state index in [0.29, 0.717) is 21.8 Å². The average Bonchev–Trinajstić information content (AvgIpc) is 3.01. The van der Waals surface area contributed by atoms with Gasteiger partial charge in [0.1, 0.15) is 17.2 Å². The van der Waals surface area contributed by atoms with Crippen molar-refractivity contribution in [1.82, 2.24) is 4.98 Å². The highest BCUT2D eigenvalue weighted by molar-refractivity contribution is 6.31. The van der Waals surface area contributed by atoms with E-state index < -0.39 is 11.9 Å². The molecule has 4 aromatic rings. The summed E-state index contributed by atoms with van der Waals surface area (Å²) in [6.07, 6.45) is 1.60. The topological polar surface area (TPSA) is 83.6 Å². The summed E-state index contributed by atoms with van der Waals surface area (Å²) < 4.78 is 5.88. The molecule has 0 aliphatic carbocycles. The highest BCUT2D eigenvalue weighted by atomic mass is 35.5. The molecule has 1 N–H and O–H groups in total. The predicted molar refractivity (Wildman–Crippen MR) is 113 cm³/mol. The van der Waals surface area contributed by atoms with Gasteiger partial charge in [-0.2, -0.15) is 0 Å². The van der Waals surface area contributed by atoms with Gasteiger partial charge in [0, 0.05) is 11.2 Å². The van der Waals surface area contributed by atoms with Crippen LogP contribution in [0.2, 0.25) is 5.02 Å². The molecule has 7 heteroatoms. The van der Waals surface area contributed by atoms with Crippen LogP contribution >= 0.6 is 11.6 Å². The van der Waals surface area contributed by atoms with E-state index in [-0.39, 0.29) is 28.1 Å². The van der Waals surface area contributed by atoms with Gasteiger partial charge < -0.3 is 9.52 Å². The van der Waals surface area contributed by atoms with Gasteiger partial charge in [-0.1, -0.05) is 23.7 Å². The Labute approximate surface area is 176 Å². The Morgan fingerprint density at radius 3 is 2.70 bits per heavy atom. The second-order valence-electron chi connectivity index (χ2n) is 7.18. The van der Waals surface area contributed by atoms with Gasteiger partial charge >= 0.3 is 0 Å². The minimum atomic E-state index is -0.798. The molecule has 1 amide bonds. The molecule has 0 saturated heterocycles. The molecule has 30 heavy (non-hydrogen) atoms. The summed E-state index contributed by atoms with van der Waals surface area (Å²) in [4.78, 5) is 32.6. The number of aromatic hydroxyl groups is 1. The summed E-state index contributed by atoms with van der Waals surface area (Å²) in [5.41, 5.74) is 1.62. The third-order valence-electron chi connectivity index (χ3n) is 5.17. The fourth-order valence-electron chi connectivity index (χ4n) is 3.84. The zero-order chi connectivity index (χ0) is 21.0. The van der Waals surface area contributed by atoms with Crippen LogP contribution in [0.4, 0.5) is 5.82 Å². The number of fused-ring (bicyclic) bond motifs is 2. The molecule has 3 heterocycles. The van der Waals surface area contributed by atoms with E-state index in [2.05, 4.69) is 4.98 Å². The molecule has 6 nitrogen and oxygen atoms in total. The van der Waals surface area contributed by atoms with Crippen LogP contribution in [-0.4, -0.2) is 16.0 Å². The number of aromatic nitrogens is 1. The lowest BCUT2D eigenvalue weighted by atomic mass is 9.98.